The lowest BCUT2D eigenvalue weighted by Crippen LogP contribution is -2.49. The summed E-state index contributed by atoms with van der Waals surface area (Å²) in [5, 5.41) is 9.83. The third-order valence-corrected chi connectivity index (χ3v) is 5.72. The molecule has 28 heavy (non-hydrogen) atoms. The molecule has 2 unspecified atom stereocenters. The fourth-order valence-corrected chi connectivity index (χ4v) is 4.26. The Bertz CT molecular complexity index is 789. The molecule has 2 aromatic rings. The molecule has 1 amide bonds. The number of carbonyl (C=O) groups is 1. The van der Waals surface area contributed by atoms with Gasteiger partial charge in [0.25, 0.3) is 0 Å². The molecule has 2 aromatic carbocycles. The largest absolute Gasteiger partial charge is 0.508 e. The van der Waals surface area contributed by atoms with Gasteiger partial charge in [0.1, 0.15) is 11.8 Å². The number of phenolic OH excluding ortho intramolecular Hbond substituents is 1. The van der Waals surface area contributed by atoms with E-state index in [9.17, 15) is 9.90 Å². The van der Waals surface area contributed by atoms with Crippen LogP contribution in [0.25, 0.3) is 0 Å². The van der Waals surface area contributed by atoms with Crippen LogP contribution in [0.4, 0.5) is 0 Å². The summed E-state index contributed by atoms with van der Waals surface area (Å²) in [7, 11) is 0. The molecule has 0 spiro atoms. The molecule has 1 N–H and O–H groups in total. The molecule has 2 fully saturated rings. The van der Waals surface area contributed by atoms with E-state index in [0.29, 0.717) is 19.7 Å². The number of carbonyl (C=O) groups excluding carboxylic acids is 1. The van der Waals surface area contributed by atoms with E-state index in [-0.39, 0.29) is 23.8 Å². The van der Waals surface area contributed by atoms with E-state index in [1.165, 1.54) is 6.42 Å². The van der Waals surface area contributed by atoms with E-state index in [1.54, 1.807) is 12.1 Å². The predicted molar refractivity (Wildman–Crippen MR) is 108 cm³/mol. The highest BCUT2D eigenvalue weighted by Gasteiger charge is 2.35. The van der Waals surface area contributed by atoms with Gasteiger partial charge in [-0.1, -0.05) is 42.5 Å². The number of phenols is 1. The lowest BCUT2D eigenvalue weighted by atomic mass is 9.99. The highest BCUT2D eigenvalue weighted by atomic mass is 16.5. The number of amides is 1. The minimum absolute atomic E-state index is 0.152. The number of likely N-dealkylation sites (tertiary alicyclic amines) is 1. The van der Waals surface area contributed by atoms with Crippen molar-refractivity contribution in [1.82, 2.24) is 9.80 Å². The van der Waals surface area contributed by atoms with Crippen molar-refractivity contribution in [2.24, 2.45) is 0 Å². The smallest absolute Gasteiger partial charge is 0.244 e. The molecule has 2 aliphatic heterocycles. The monoisotopic (exact) mass is 380 g/mol. The maximum absolute atomic E-state index is 13.5. The number of morpholine rings is 1. The molecule has 2 aliphatic rings. The third kappa shape index (κ3) is 4.21. The van der Waals surface area contributed by atoms with E-state index in [4.69, 9.17) is 4.74 Å². The van der Waals surface area contributed by atoms with Crippen LogP contribution in [-0.4, -0.2) is 53.6 Å². The van der Waals surface area contributed by atoms with Crippen LogP contribution < -0.4 is 0 Å². The first kappa shape index (κ1) is 19.0. The summed E-state index contributed by atoms with van der Waals surface area (Å²) in [6.45, 7) is 3.61. The van der Waals surface area contributed by atoms with E-state index >= 15 is 0 Å². The molecule has 0 aromatic heterocycles. The Morgan fingerprint density at radius 2 is 1.79 bits per heavy atom. The fourth-order valence-electron chi connectivity index (χ4n) is 4.26. The Hall–Kier alpha value is -2.37. The molecule has 4 rings (SSSR count). The van der Waals surface area contributed by atoms with Crippen LogP contribution in [0, 0.1) is 0 Å². The van der Waals surface area contributed by atoms with Gasteiger partial charge in [-0.25, -0.2) is 0 Å². The van der Waals surface area contributed by atoms with E-state index in [2.05, 4.69) is 4.90 Å². The highest BCUT2D eigenvalue weighted by molar-refractivity contribution is 5.83. The summed E-state index contributed by atoms with van der Waals surface area (Å²) in [4.78, 5) is 17.8. The van der Waals surface area contributed by atoms with Gasteiger partial charge in [-0.05, 0) is 42.5 Å². The first-order valence-corrected chi connectivity index (χ1v) is 10.2. The summed E-state index contributed by atoms with van der Waals surface area (Å²) in [6, 6.07) is 17.0. The van der Waals surface area contributed by atoms with Crippen molar-refractivity contribution in [3.8, 4) is 5.75 Å². The number of piperidine rings is 1. The second-order valence-corrected chi connectivity index (χ2v) is 7.65. The maximum Gasteiger partial charge on any atom is 0.244 e. The molecule has 2 saturated heterocycles. The fraction of sp³-hybridized carbons (Fsp3) is 0.435. The number of nitrogens with zero attached hydrogens (tertiary/aromatic N) is 2. The summed E-state index contributed by atoms with van der Waals surface area (Å²) in [6.07, 6.45) is 3.22. The maximum atomic E-state index is 13.5. The van der Waals surface area contributed by atoms with Gasteiger partial charge < -0.3 is 14.7 Å². The first-order chi connectivity index (χ1) is 13.7. The number of hydrogen-bond acceptors (Lipinski definition) is 4. The molecule has 148 valence electrons. The molecule has 0 saturated carbocycles. The Labute approximate surface area is 166 Å². The molecule has 0 radical (unpaired) electrons. The van der Waals surface area contributed by atoms with Crippen molar-refractivity contribution in [2.45, 2.75) is 31.4 Å². The molecular formula is C23H28N2O3. The minimum atomic E-state index is -0.289. The average molecular weight is 380 g/mol. The molecule has 2 atom stereocenters. The van der Waals surface area contributed by atoms with Crippen molar-refractivity contribution >= 4 is 5.91 Å². The van der Waals surface area contributed by atoms with Gasteiger partial charge in [0.05, 0.1) is 12.7 Å². The average Bonchev–Trinajstić information content (AvgIpc) is 2.75. The van der Waals surface area contributed by atoms with Crippen LogP contribution in [0.1, 0.15) is 42.5 Å². The van der Waals surface area contributed by atoms with Gasteiger partial charge in [0.2, 0.25) is 5.91 Å². The zero-order valence-corrected chi connectivity index (χ0v) is 16.2. The van der Waals surface area contributed by atoms with Gasteiger partial charge in [-0.15, -0.1) is 0 Å². The SMILES string of the molecule is O=C(C(c1ccccc1)N1CCOC(c2cccc(O)c2)C1)N1CCCCC1. The molecule has 0 bridgehead atoms. The molecule has 5 nitrogen and oxygen atoms in total. The Kier molecular flexibility index (Phi) is 5.93. The van der Waals surface area contributed by atoms with E-state index in [1.807, 2.05) is 47.4 Å². The summed E-state index contributed by atoms with van der Waals surface area (Å²) in [5.41, 5.74) is 1.98. The highest BCUT2D eigenvalue weighted by Crippen LogP contribution is 2.31. The van der Waals surface area contributed by atoms with Crippen molar-refractivity contribution < 1.29 is 14.6 Å². The second kappa shape index (κ2) is 8.76. The summed E-state index contributed by atoms with van der Waals surface area (Å²) in [5.74, 6) is 0.435. The second-order valence-electron chi connectivity index (χ2n) is 7.65. The van der Waals surface area contributed by atoms with Gasteiger partial charge in [0.15, 0.2) is 0 Å². The lowest BCUT2D eigenvalue weighted by molar-refractivity contribution is -0.142. The molecular weight excluding hydrogens is 352 g/mol. The summed E-state index contributed by atoms with van der Waals surface area (Å²) < 4.78 is 5.98. The van der Waals surface area contributed by atoms with Crippen molar-refractivity contribution in [1.29, 1.82) is 0 Å². The molecule has 5 heteroatoms. The normalized spacial score (nSPS) is 22.0. The first-order valence-electron chi connectivity index (χ1n) is 10.2. The van der Waals surface area contributed by atoms with Crippen molar-refractivity contribution in [3.63, 3.8) is 0 Å². The number of hydrogen-bond donors (Lipinski definition) is 1. The Balaban J connectivity index is 1.59. The van der Waals surface area contributed by atoms with Crippen LogP contribution in [0.2, 0.25) is 0 Å². The van der Waals surface area contributed by atoms with Gasteiger partial charge in [0, 0.05) is 26.2 Å². The van der Waals surface area contributed by atoms with Crippen LogP contribution in [0.3, 0.4) is 0 Å². The zero-order chi connectivity index (χ0) is 19.3. The van der Waals surface area contributed by atoms with Crippen molar-refractivity contribution in [3.05, 3.63) is 65.7 Å². The van der Waals surface area contributed by atoms with Crippen LogP contribution in [0.15, 0.2) is 54.6 Å². The van der Waals surface area contributed by atoms with Crippen LogP contribution in [0.5, 0.6) is 5.75 Å². The zero-order valence-electron chi connectivity index (χ0n) is 16.2. The molecule has 2 heterocycles. The van der Waals surface area contributed by atoms with E-state index < -0.39 is 0 Å². The standard InChI is InChI=1S/C23H28N2O3/c26-20-11-7-10-19(16-20)21-17-25(14-15-28-21)22(18-8-3-1-4-9-18)23(27)24-12-5-2-6-13-24/h1,3-4,7-11,16,21-22,26H,2,5-6,12-15,17H2. The number of ether oxygens (including phenoxy) is 1. The number of benzene rings is 2. The van der Waals surface area contributed by atoms with Gasteiger partial charge in [-0.2, -0.15) is 0 Å². The lowest BCUT2D eigenvalue weighted by Gasteiger charge is -2.40. The quantitative estimate of drug-likeness (QED) is 0.882. The number of rotatable bonds is 4. The number of aromatic hydroxyl groups is 1. The topological polar surface area (TPSA) is 53.0 Å². The van der Waals surface area contributed by atoms with Crippen LogP contribution >= 0.6 is 0 Å². The van der Waals surface area contributed by atoms with Gasteiger partial charge >= 0.3 is 0 Å². The Morgan fingerprint density at radius 1 is 1.00 bits per heavy atom. The van der Waals surface area contributed by atoms with Crippen LogP contribution in [-0.2, 0) is 9.53 Å². The van der Waals surface area contributed by atoms with Crippen molar-refractivity contribution in [2.75, 3.05) is 32.8 Å². The minimum Gasteiger partial charge on any atom is -0.508 e. The molecule has 0 aliphatic carbocycles. The predicted octanol–water partition coefficient (Wildman–Crippen LogP) is 3.52. The third-order valence-electron chi connectivity index (χ3n) is 5.72. The Morgan fingerprint density at radius 3 is 2.54 bits per heavy atom. The summed E-state index contributed by atoms with van der Waals surface area (Å²) >= 11 is 0. The van der Waals surface area contributed by atoms with E-state index in [0.717, 1.165) is 37.1 Å². The van der Waals surface area contributed by atoms with Gasteiger partial charge in [-0.3, -0.25) is 9.69 Å².